The lowest BCUT2D eigenvalue weighted by molar-refractivity contribution is 0.101. The van der Waals surface area contributed by atoms with Crippen LogP contribution in [0.2, 0.25) is 0 Å². The standard InChI is InChI=1S/C12H15FO/c1-9(14)11-6-4-5-10(7-11)8-12(2,3)13/h4-7H,8H2,1-3H3. The van der Waals surface area contributed by atoms with E-state index in [0.717, 1.165) is 5.56 Å². The van der Waals surface area contributed by atoms with Gasteiger partial charge in [0, 0.05) is 12.0 Å². The molecule has 0 heterocycles. The highest BCUT2D eigenvalue weighted by Gasteiger charge is 2.16. The third-order valence-corrected chi connectivity index (χ3v) is 1.96. The second-order valence-corrected chi connectivity index (χ2v) is 4.15. The van der Waals surface area contributed by atoms with Crippen molar-refractivity contribution in [3.8, 4) is 0 Å². The molecule has 0 saturated heterocycles. The van der Waals surface area contributed by atoms with Gasteiger partial charge in [0.25, 0.3) is 0 Å². The van der Waals surface area contributed by atoms with Gasteiger partial charge in [-0.1, -0.05) is 18.2 Å². The monoisotopic (exact) mass is 194 g/mol. The highest BCUT2D eigenvalue weighted by atomic mass is 19.1. The summed E-state index contributed by atoms with van der Waals surface area (Å²) in [5.41, 5.74) is 0.284. The van der Waals surface area contributed by atoms with Crippen LogP contribution in [0.1, 0.15) is 36.7 Å². The number of carbonyl (C=O) groups excluding carboxylic acids is 1. The van der Waals surface area contributed by atoms with Crippen molar-refractivity contribution in [3.05, 3.63) is 35.4 Å². The van der Waals surface area contributed by atoms with Gasteiger partial charge in [-0.2, -0.15) is 0 Å². The Labute approximate surface area is 83.9 Å². The molecular weight excluding hydrogens is 179 g/mol. The molecule has 0 amide bonds. The molecule has 0 unspecified atom stereocenters. The minimum absolute atomic E-state index is 0.0171. The minimum atomic E-state index is -1.23. The number of rotatable bonds is 3. The van der Waals surface area contributed by atoms with Crippen LogP contribution < -0.4 is 0 Å². The fourth-order valence-corrected chi connectivity index (χ4v) is 1.39. The van der Waals surface area contributed by atoms with Gasteiger partial charge in [0.15, 0.2) is 5.78 Å². The van der Waals surface area contributed by atoms with E-state index in [0.29, 0.717) is 12.0 Å². The predicted molar refractivity (Wildman–Crippen MR) is 55.3 cm³/mol. The Kier molecular flexibility index (Phi) is 3.04. The van der Waals surface area contributed by atoms with Gasteiger partial charge in [-0.3, -0.25) is 4.79 Å². The zero-order chi connectivity index (χ0) is 10.8. The van der Waals surface area contributed by atoms with Gasteiger partial charge < -0.3 is 0 Å². The molecule has 1 rings (SSSR count). The molecule has 0 bridgehead atoms. The molecule has 0 aromatic heterocycles. The molecule has 0 spiro atoms. The first-order valence-electron chi connectivity index (χ1n) is 4.67. The third kappa shape index (κ3) is 3.29. The summed E-state index contributed by atoms with van der Waals surface area (Å²) in [5, 5.41) is 0. The normalized spacial score (nSPS) is 11.4. The summed E-state index contributed by atoms with van der Waals surface area (Å²) in [6, 6.07) is 7.13. The summed E-state index contributed by atoms with van der Waals surface area (Å²) in [4.78, 5) is 11.1. The Morgan fingerprint density at radius 1 is 1.43 bits per heavy atom. The molecule has 0 saturated carbocycles. The van der Waals surface area contributed by atoms with Crippen LogP contribution in [0.4, 0.5) is 4.39 Å². The van der Waals surface area contributed by atoms with Gasteiger partial charge in [0.2, 0.25) is 0 Å². The van der Waals surface area contributed by atoms with Crippen molar-refractivity contribution < 1.29 is 9.18 Å². The van der Waals surface area contributed by atoms with Gasteiger partial charge >= 0.3 is 0 Å². The second kappa shape index (κ2) is 3.91. The molecule has 76 valence electrons. The van der Waals surface area contributed by atoms with E-state index in [4.69, 9.17) is 0 Å². The maximum Gasteiger partial charge on any atom is 0.159 e. The van der Waals surface area contributed by atoms with Crippen molar-refractivity contribution in [2.75, 3.05) is 0 Å². The average Bonchev–Trinajstić information content (AvgIpc) is 2.01. The van der Waals surface area contributed by atoms with Crippen molar-refractivity contribution in [1.82, 2.24) is 0 Å². The van der Waals surface area contributed by atoms with Crippen molar-refractivity contribution in [1.29, 1.82) is 0 Å². The molecule has 0 aliphatic rings. The van der Waals surface area contributed by atoms with Crippen LogP contribution in [0, 0.1) is 0 Å². The quantitative estimate of drug-likeness (QED) is 0.675. The van der Waals surface area contributed by atoms with E-state index in [1.54, 1.807) is 18.2 Å². The molecular formula is C12H15FO. The second-order valence-electron chi connectivity index (χ2n) is 4.15. The number of alkyl halides is 1. The lowest BCUT2D eigenvalue weighted by Gasteiger charge is -2.14. The van der Waals surface area contributed by atoms with Crippen molar-refractivity contribution in [2.45, 2.75) is 32.9 Å². The molecule has 1 aromatic rings. The molecule has 0 N–H and O–H groups in total. The van der Waals surface area contributed by atoms with Crippen molar-refractivity contribution in [2.24, 2.45) is 0 Å². The van der Waals surface area contributed by atoms with E-state index in [2.05, 4.69) is 0 Å². The highest BCUT2D eigenvalue weighted by Crippen LogP contribution is 2.17. The topological polar surface area (TPSA) is 17.1 Å². The Balaban J connectivity index is 2.89. The van der Waals surface area contributed by atoms with Gasteiger partial charge in [-0.05, 0) is 32.4 Å². The van der Waals surface area contributed by atoms with Crippen LogP contribution in [-0.4, -0.2) is 11.5 Å². The van der Waals surface area contributed by atoms with Crippen LogP contribution in [0.5, 0.6) is 0 Å². The van der Waals surface area contributed by atoms with Gasteiger partial charge in [0.1, 0.15) is 5.67 Å². The first kappa shape index (κ1) is 10.9. The number of Topliss-reactive ketones (excluding diaryl/α,β-unsaturated/α-hetero) is 1. The van der Waals surface area contributed by atoms with Crippen LogP contribution in [0.25, 0.3) is 0 Å². The van der Waals surface area contributed by atoms with E-state index in [9.17, 15) is 9.18 Å². The first-order valence-corrected chi connectivity index (χ1v) is 4.67. The largest absolute Gasteiger partial charge is 0.295 e. The zero-order valence-electron chi connectivity index (χ0n) is 8.80. The van der Waals surface area contributed by atoms with E-state index in [1.807, 2.05) is 6.07 Å². The van der Waals surface area contributed by atoms with E-state index in [1.165, 1.54) is 20.8 Å². The molecule has 1 nitrogen and oxygen atoms in total. The maximum absolute atomic E-state index is 13.3. The zero-order valence-corrected chi connectivity index (χ0v) is 8.80. The highest BCUT2D eigenvalue weighted by molar-refractivity contribution is 5.94. The van der Waals surface area contributed by atoms with E-state index >= 15 is 0 Å². The van der Waals surface area contributed by atoms with Crippen LogP contribution in [0.15, 0.2) is 24.3 Å². The van der Waals surface area contributed by atoms with Crippen LogP contribution in [0.3, 0.4) is 0 Å². The molecule has 14 heavy (non-hydrogen) atoms. The molecule has 0 fully saturated rings. The maximum atomic E-state index is 13.3. The molecule has 0 radical (unpaired) electrons. The van der Waals surface area contributed by atoms with Crippen molar-refractivity contribution >= 4 is 5.78 Å². The number of ketones is 1. The third-order valence-electron chi connectivity index (χ3n) is 1.96. The van der Waals surface area contributed by atoms with Gasteiger partial charge in [0.05, 0.1) is 0 Å². The summed E-state index contributed by atoms with van der Waals surface area (Å²) in [7, 11) is 0. The number of halogens is 1. The number of hydrogen-bond acceptors (Lipinski definition) is 1. The number of carbonyl (C=O) groups is 1. The number of benzene rings is 1. The molecule has 0 atom stereocenters. The Morgan fingerprint density at radius 2 is 2.07 bits per heavy atom. The summed E-state index contributed by atoms with van der Waals surface area (Å²) in [6.45, 7) is 4.58. The van der Waals surface area contributed by atoms with E-state index < -0.39 is 5.67 Å². The summed E-state index contributed by atoms with van der Waals surface area (Å²) in [5.74, 6) is 0.0171. The smallest absolute Gasteiger partial charge is 0.159 e. The van der Waals surface area contributed by atoms with Crippen molar-refractivity contribution in [3.63, 3.8) is 0 Å². The lowest BCUT2D eigenvalue weighted by Crippen LogP contribution is -2.15. The minimum Gasteiger partial charge on any atom is -0.295 e. The summed E-state index contributed by atoms with van der Waals surface area (Å²) < 4.78 is 13.3. The fourth-order valence-electron chi connectivity index (χ4n) is 1.39. The molecule has 0 aliphatic heterocycles. The Hall–Kier alpha value is -1.18. The predicted octanol–water partition coefficient (Wildman–Crippen LogP) is 3.18. The Morgan fingerprint density at radius 3 is 2.57 bits per heavy atom. The first-order chi connectivity index (χ1) is 6.38. The summed E-state index contributed by atoms with van der Waals surface area (Å²) in [6.07, 6.45) is 0.341. The fraction of sp³-hybridized carbons (Fsp3) is 0.417. The molecule has 2 heteroatoms. The van der Waals surface area contributed by atoms with Crippen LogP contribution >= 0.6 is 0 Å². The van der Waals surface area contributed by atoms with Crippen LogP contribution in [-0.2, 0) is 6.42 Å². The average molecular weight is 194 g/mol. The molecule has 1 aromatic carbocycles. The molecule has 0 aliphatic carbocycles. The number of hydrogen-bond donors (Lipinski definition) is 0. The van der Waals surface area contributed by atoms with Gasteiger partial charge in [-0.25, -0.2) is 4.39 Å². The Bertz CT molecular complexity index is 336. The lowest BCUT2D eigenvalue weighted by atomic mass is 9.98. The van der Waals surface area contributed by atoms with E-state index in [-0.39, 0.29) is 5.78 Å². The summed E-state index contributed by atoms with van der Waals surface area (Å²) >= 11 is 0. The SMILES string of the molecule is CC(=O)c1cccc(CC(C)(C)F)c1. The van der Waals surface area contributed by atoms with Gasteiger partial charge in [-0.15, -0.1) is 0 Å².